The van der Waals surface area contributed by atoms with E-state index in [-0.39, 0.29) is 5.92 Å². The first kappa shape index (κ1) is 22.4. The van der Waals surface area contributed by atoms with E-state index < -0.39 is 0 Å². The van der Waals surface area contributed by atoms with Crippen LogP contribution in [0.3, 0.4) is 0 Å². The second-order valence-corrected chi connectivity index (χ2v) is 9.87. The van der Waals surface area contributed by atoms with Crippen molar-refractivity contribution >= 4 is 21.8 Å². The van der Waals surface area contributed by atoms with Gasteiger partial charge in [0.15, 0.2) is 0 Å². The lowest BCUT2D eigenvalue weighted by Crippen LogP contribution is -2.07. The minimum atomic E-state index is 0.0175. The molecule has 1 atom stereocenters. The number of hydrogen-bond donors (Lipinski definition) is 1. The highest BCUT2D eigenvalue weighted by Gasteiger charge is 2.30. The SMILES string of the molecule is Cn1c(-c2ccccc2)c(C(c2ccccc2)c2c(-c3ccccc3)[nH]c3ccccc23)c2ccccc21. The van der Waals surface area contributed by atoms with E-state index in [2.05, 4.69) is 156 Å². The summed E-state index contributed by atoms with van der Waals surface area (Å²) in [5, 5.41) is 2.54. The van der Waals surface area contributed by atoms with Gasteiger partial charge in [0.1, 0.15) is 0 Å². The Kier molecular flexibility index (Phi) is 5.44. The fourth-order valence-electron chi connectivity index (χ4n) is 6.08. The molecule has 0 saturated heterocycles. The highest BCUT2D eigenvalue weighted by atomic mass is 15.0. The molecule has 0 aliphatic carbocycles. The van der Waals surface area contributed by atoms with E-state index in [4.69, 9.17) is 0 Å². The number of nitrogens with one attached hydrogen (secondary N) is 1. The first-order valence-corrected chi connectivity index (χ1v) is 13.1. The van der Waals surface area contributed by atoms with Gasteiger partial charge in [0, 0.05) is 34.8 Å². The van der Waals surface area contributed by atoms with E-state index in [9.17, 15) is 0 Å². The van der Waals surface area contributed by atoms with Gasteiger partial charge in [-0.1, -0.05) is 127 Å². The summed E-state index contributed by atoms with van der Waals surface area (Å²) in [6.07, 6.45) is 0. The van der Waals surface area contributed by atoms with E-state index in [1.54, 1.807) is 0 Å². The van der Waals surface area contributed by atoms with Gasteiger partial charge in [-0.05, 0) is 39.9 Å². The maximum Gasteiger partial charge on any atom is 0.0530 e. The topological polar surface area (TPSA) is 20.7 Å². The Balaban J connectivity index is 1.65. The highest BCUT2D eigenvalue weighted by Crippen LogP contribution is 2.48. The molecular weight excluding hydrogens is 460 g/mol. The number of fused-ring (bicyclic) bond motifs is 2. The van der Waals surface area contributed by atoms with Crippen LogP contribution in [0.4, 0.5) is 0 Å². The molecule has 1 unspecified atom stereocenters. The highest BCUT2D eigenvalue weighted by molar-refractivity contribution is 5.98. The summed E-state index contributed by atoms with van der Waals surface area (Å²) in [7, 11) is 2.20. The maximum atomic E-state index is 3.81. The van der Waals surface area contributed by atoms with Crippen molar-refractivity contribution in [1.29, 1.82) is 0 Å². The minimum absolute atomic E-state index is 0.0175. The van der Waals surface area contributed by atoms with Gasteiger partial charge < -0.3 is 9.55 Å². The fraction of sp³-hybridized carbons (Fsp3) is 0.0556. The number of benzene rings is 5. The summed E-state index contributed by atoms with van der Waals surface area (Å²) in [5.41, 5.74) is 11.2. The van der Waals surface area contributed by atoms with Crippen molar-refractivity contribution in [1.82, 2.24) is 9.55 Å². The summed E-state index contributed by atoms with van der Waals surface area (Å²) < 4.78 is 2.37. The summed E-state index contributed by atoms with van der Waals surface area (Å²) in [6.45, 7) is 0. The number of H-pyrrole nitrogens is 1. The van der Waals surface area contributed by atoms with Gasteiger partial charge in [0.05, 0.1) is 11.4 Å². The van der Waals surface area contributed by atoms with Crippen LogP contribution in [-0.2, 0) is 7.05 Å². The normalized spacial score (nSPS) is 12.2. The predicted molar refractivity (Wildman–Crippen MR) is 159 cm³/mol. The van der Waals surface area contributed by atoms with E-state index in [1.807, 2.05) is 0 Å². The van der Waals surface area contributed by atoms with Gasteiger partial charge in [0.25, 0.3) is 0 Å². The van der Waals surface area contributed by atoms with E-state index in [0.29, 0.717) is 0 Å². The van der Waals surface area contributed by atoms with Crippen molar-refractivity contribution in [2.24, 2.45) is 7.05 Å². The molecule has 2 aromatic heterocycles. The van der Waals surface area contributed by atoms with Gasteiger partial charge in [-0.2, -0.15) is 0 Å². The second-order valence-electron chi connectivity index (χ2n) is 9.87. The average Bonchev–Trinajstić information content (AvgIpc) is 3.51. The van der Waals surface area contributed by atoms with E-state index >= 15 is 0 Å². The number of para-hydroxylation sites is 2. The zero-order valence-corrected chi connectivity index (χ0v) is 21.3. The van der Waals surface area contributed by atoms with Crippen LogP contribution in [0, 0.1) is 0 Å². The lowest BCUT2D eigenvalue weighted by molar-refractivity contribution is 0.942. The third-order valence-corrected chi connectivity index (χ3v) is 7.71. The van der Waals surface area contributed by atoms with Crippen molar-refractivity contribution in [2.45, 2.75) is 5.92 Å². The van der Waals surface area contributed by atoms with Crippen molar-refractivity contribution in [3.8, 4) is 22.5 Å². The molecule has 0 saturated carbocycles. The Labute approximate surface area is 222 Å². The molecule has 2 nitrogen and oxygen atoms in total. The van der Waals surface area contributed by atoms with Crippen LogP contribution in [0.25, 0.3) is 44.3 Å². The molecule has 5 aromatic carbocycles. The molecule has 38 heavy (non-hydrogen) atoms. The number of rotatable bonds is 5. The molecule has 0 bridgehead atoms. The number of hydrogen-bond acceptors (Lipinski definition) is 0. The Morgan fingerprint density at radius 2 is 1.08 bits per heavy atom. The van der Waals surface area contributed by atoms with Crippen LogP contribution >= 0.6 is 0 Å². The molecule has 0 spiro atoms. The molecular formula is C36H28N2. The van der Waals surface area contributed by atoms with Crippen molar-refractivity contribution in [2.75, 3.05) is 0 Å². The van der Waals surface area contributed by atoms with Crippen LogP contribution in [-0.4, -0.2) is 9.55 Å². The minimum Gasteiger partial charge on any atom is -0.354 e. The standard InChI is InChI=1S/C36H28N2/c1-38-31-24-14-12-22-29(31)34(36(38)27-19-9-4-10-20-27)32(25-15-5-2-6-16-25)33-28-21-11-13-23-30(28)37-35(33)26-17-7-3-8-18-26/h2-24,32,37H,1H3. The molecule has 2 heteroatoms. The molecule has 7 rings (SSSR count). The number of aromatic amines is 1. The maximum absolute atomic E-state index is 3.81. The van der Waals surface area contributed by atoms with E-state index in [1.165, 1.54) is 55.5 Å². The number of nitrogens with zero attached hydrogens (tertiary/aromatic N) is 1. The molecule has 0 aliphatic heterocycles. The summed E-state index contributed by atoms with van der Waals surface area (Å²) in [6, 6.07) is 50.1. The second kappa shape index (κ2) is 9.24. The first-order valence-electron chi connectivity index (χ1n) is 13.1. The van der Waals surface area contributed by atoms with Crippen LogP contribution in [0.1, 0.15) is 22.6 Å². The molecule has 0 amide bonds. The first-order chi connectivity index (χ1) is 18.8. The van der Waals surface area contributed by atoms with Crippen molar-refractivity contribution in [3.63, 3.8) is 0 Å². The van der Waals surface area contributed by atoms with Crippen LogP contribution in [0.15, 0.2) is 140 Å². The molecule has 1 N–H and O–H groups in total. The summed E-state index contributed by atoms with van der Waals surface area (Å²) in [5.74, 6) is 0.0175. The van der Waals surface area contributed by atoms with Gasteiger partial charge >= 0.3 is 0 Å². The summed E-state index contributed by atoms with van der Waals surface area (Å²) in [4.78, 5) is 3.81. The zero-order chi connectivity index (χ0) is 25.5. The lowest BCUT2D eigenvalue weighted by atomic mass is 9.80. The molecule has 0 aliphatic rings. The van der Waals surface area contributed by atoms with Gasteiger partial charge in [-0.15, -0.1) is 0 Å². The van der Waals surface area contributed by atoms with Crippen LogP contribution in [0.5, 0.6) is 0 Å². The van der Waals surface area contributed by atoms with Gasteiger partial charge in [-0.3, -0.25) is 0 Å². The predicted octanol–water partition coefficient (Wildman–Crippen LogP) is 9.17. The third kappa shape index (κ3) is 3.57. The fourth-order valence-corrected chi connectivity index (χ4v) is 6.08. The monoisotopic (exact) mass is 488 g/mol. The van der Waals surface area contributed by atoms with Crippen molar-refractivity contribution < 1.29 is 0 Å². The average molecular weight is 489 g/mol. The molecule has 0 radical (unpaired) electrons. The van der Waals surface area contributed by atoms with Gasteiger partial charge in [-0.25, -0.2) is 0 Å². The summed E-state index contributed by atoms with van der Waals surface area (Å²) >= 11 is 0. The lowest BCUT2D eigenvalue weighted by Gasteiger charge is -2.22. The van der Waals surface area contributed by atoms with Crippen molar-refractivity contribution in [3.05, 3.63) is 156 Å². The molecule has 0 fully saturated rings. The van der Waals surface area contributed by atoms with Gasteiger partial charge in [0.2, 0.25) is 0 Å². The molecule has 7 aromatic rings. The van der Waals surface area contributed by atoms with Crippen LogP contribution in [0.2, 0.25) is 0 Å². The Hall–Kier alpha value is -4.82. The Bertz CT molecular complexity index is 1860. The zero-order valence-electron chi connectivity index (χ0n) is 21.3. The largest absolute Gasteiger partial charge is 0.354 e. The Morgan fingerprint density at radius 1 is 0.526 bits per heavy atom. The molecule has 182 valence electrons. The van der Waals surface area contributed by atoms with Crippen LogP contribution < -0.4 is 0 Å². The quantitative estimate of drug-likeness (QED) is 0.249. The smallest absolute Gasteiger partial charge is 0.0530 e. The number of aromatic nitrogens is 2. The third-order valence-electron chi connectivity index (χ3n) is 7.71. The Morgan fingerprint density at radius 3 is 1.79 bits per heavy atom. The molecule has 2 heterocycles. The van der Waals surface area contributed by atoms with E-state index in [0.717, 1.165) is 5.52 Å². The number of aryl methyl sites for hydroxylation is 1.